The smallest absolute Gasteiger partial charge is 0.450 e. The summed E-state index contributed by atoms with van der Waals surface area (Å²) in [5.41, 5.74) is -0.819. The van der Waals surface area contributed by atoms with Crippen LogP contribution in [0.15, 0.2) is 52.8 Å². The van der Waals surface area contributed by atoms with Crippen molar-refractivity contribution in [3.8, 4) is 0 Å². The molecule has 2 amide bonds. The fraction of sp³-hybridized carbons (Fsp3) is 0.568. The maximum Gasteiger partial charge on any atom is 0.506 e. The van der Waals surface area contributed by atoms with Crippen LogP contribution in [-0.2, 0) is 28.5 Å². The molecule has 0 unspecified atom stereocenters. The molecule has 0 saturated carbocycles. The van der Waals surface area contributed by atoms with E-state index in [1.54, 1.807) is 40.1 Å². The van der Waals surface area contributed by atoms with Crippen molar-refractivity contribution in [2.75, 3.05) is 36.9 Å². The zero-order valence-corrected chi connectivity index (χ0v) is 38.6. The largest absolute Gasteiger partial charge is 0.506 e. The monoisotopic (exact) mass is 973 g/mol. The molecule has 25 nitrogen and oxygen atoms in total. The Hall–Kier alpha value is -6.83. The Morgan fingerprint density at radius 2 is 1.13 bits per heavy atom. The van der Waals surface area contributed by atoms with Crippen LogP contribution < -0.4 is 21.8 Å². The van der Waals surface area contributed by atoms with Crippen molar-refractivity contribution >= 4 is 58.3 Å². The number of hydrogen-bond donors (Lipinski definition) is 7. The topological polar surface area (TPSA) is 333 Å². The van der Waals surface area contributed by atoms with Crippen LogP contribution in [0.25, 0.3) is 22.3 Å². The molecule has 7 heterocycles. The number of aliphatic hydroxyl groups excluding tert-OH is 1. The van der Waals surface area contributed by atoms with Crippen LogP contribution in [0.2, 0.25) is 0 Å². The number of imidazole rings is 2. The number of aromatic amines is 2. The number of fused-ring (bicyclic) bond motifs is 2. The molecular weight excluding hydrogens is 905 g/mol. The second-order valence-electron chi connectivity index (χ2n) is 15.6. The Morgan fingerprint density at radius 1 is 0.725 bits per heavy atom. The first-order valence-electron chi connectivity index (χ1n) is 21.8. The molecule has 0 spiro atoms. The van der Waals surface area contributed by atoms with Crippen molar-refractivity contribution in [1.82, 2.24) is 48.9 Å². The molecule has 69 heavy (non-hydrogen) atoms. The lowest BCUT2D eigenvalue weighted by atomic mass is 10.1. The number of rotatable bonds is 13. The molecule has 7 N–H and O–H groups in total. The van der Waals surface area contributed by atoms with Crippen molar-refractivity contribution in [3.05, 3.63) is 64.0 Å². The summed E-state index contributed by atoms with van der Waals surface area (Å²) in [4.78, 5) is 97.7. The van der Waals surface area contributed by atoms with E-state index in [1.165, 1.54) is 41.4 Å². The van der Waals surface area contributed by atoms with Crippen LogP contribution in [0.5, 0.6) is 0 Å². The normalized spacial score (nSPS) is 19.2. The van der Waals surface area contributed by atoms with E-state index in [0.29, 0.717) is 12.8 Å². The molecule has 2 aliphatic heterocycles. The second-order valence-corrected chi connectivity index (χ2v) is 15.6. The van der Waals surface area contributed by atoms with Gasteiger partial charge in [-0.25, -0.2) is 19.6 Å². The summed E-state index contributed by atoms with van der Waals surface area (Å²) in [5.74, 6) is -1.36. The first kappa shape index (κ1) is 58.3. The number of aliphatic hydroxyl groups is 1. The molecule has 0 bridgehead atoms. The number of hydrogen-bond acceptors (Lipinski definition) is 17. The Kier molecular flexibility index (Phi) is 23.5. The highest BCUT2D eigenvalue weighted by Crippen LogP contribution is 2.35. The van der Waals surface area contributed by atoms with Crippen molar-refractivity contribution in [1.29, 1.82) is 0 Å². The van der Waals surface area contributed by atoms with Gasteiger partial charge in [-0.05, 0) is 38.2 Å². The van der Waals surface area contributed by atoms with E-state index in [4.69, 9.17) is 29.2 Å². The molecule has 0 radical (unpaired) electrons. The van der Waals surface area contributed by atoms with Crippen LogP contribution in [0, 0.1) is 11.8 Å². The fourth-order valence-corrected chi connectivity index (χ4v) is 6.62. The van der Waals surface area contributed by atoms with E-state index in [2.05, 4.69) is 71.2 Å². The van der Waals surface area contributed by atoms with Gasteiger partial charge in [0.2, 0.25) is 23.7 Å². The van der Waals surface area contributed by atoms with Gasteiger partial charge in [0.05, 0.1) is 31.5 Å². The van der Waals surface area contributed by atoms with Gasteiger partial charge in [-0.2, -0.15) is 9.97 Å². The molecule has 2 fully saturated rings. The minimum atomic E-state index is -1.49. The molecule has 0 aliphatic carbocycles. The third-order valence-electron chi connectivity index (χ3n) is 10.3. The van der Waals surface area contributed by atoms with E-state index in [0.717, 1.165) is 0 Å². The van der Waals surface area contributed by atoms with Crippen LogP contribution in [-0.4, -0.2) is 139 Å². The van der Waals surface area contributed by atoms with Crippen molar-refractivity contribution < 1.29 is 53.4 Å². The standard InChI is InChI=1S/C16H21N5O6.C15H19N5O7.C6H15N.C5H5N.2CH4/c1-4-8-5-9(27-16(24)25)14(26-8)21-6-17-10-11(21)18-15(20-13(10)23)19-12(22)7(2)3;1-6(2)11(22)18-14-17-10-9(12(23)19-14)16-5-20(10)13-8(27-15(24)25)3-7(4-21)26-13;1-4-7(5-2)6-3;1-2-4-6-5-3-1;;/h6-9,14H,4-5H2,1-3H3,(H,24,25)(H2,18,19,20,22,23);5-8,13,21H,3-4H2,1-2H3,(H,24,25)(H2,17,18,19,22,23);4-6H2,1-3H3;1-5H;2*1H4/t8-,9-,14-;7-,8+,13+;;;;/m10..../s1. The fourth-order valence-electron chi connectivity index (χ4n) is 6.62. The Balaban J connectivity index is 0.000000367. The van der Waals surface area contributed by atoms with E-state index in [1.807, 2.05) is 25.1 Å². The number of H-pyrrole nitrogens is 2. The summed E-state index contributed by atoms with van der Waals surface area (Å²) in [6.45, 7) is 18.5. The van der Waals surface area contributed by atoms with E-state index in [-0.39, 0.29) is 91.9 Å². The highest BCUT2D eigenvalue weighted by Gasteiger charge is 2.41. The maximum absolute atomic E-state index is 12.3. The summed E-state index contributed by atoms with van der Waals surface area (Å²) in [6, 6.07) is 5.72. The first-order valence-corrected chi connectivity index (χ1v) is 21.8. The summed E-state index contributed by atoms with van der Waals surface area (Å²) in [7, 11) is 0. The van der Waals surface area contributed by atoms with Crippen LogP contribution >= 0.6 is 0 Å². The van der Waals surface area contributed by atoms with Gasteiger partial charge in [0.15, 0.2) is 47.0 Å². The number of carbonyl (C=O) groups excluding carboxylic acids is 2. The van der Waals surface area contributed by atoms with Gasteiger partial charge in [0.1, 0.15) is 0 Å². The van der Waals surface area contributed by atoms with Gasteiger partial charge in [0, 0.05) is 37.1 Å². The van der Waals surface area contributed by atoms with Crippen molar-refractivity contribution in [2.24, 2.45) is 11.8 Å². The number of nitrogens with zero attached hydrogens (tertiary/aromatic N) is 8. The minimum absolute atomic E-state index is 0. The van der Waals surface area contributed by atoms with Crippen molar-refractivity contribution in [3.63, 3.8) is 0 Å². The Morgan fingerprint density at radius 3 is 1.43 bits per heavy atom. The minimum Gasteiger partial charge on any atom is -0.450 e. The number of carbonyl (C=O) groups is 4. The number of anilines is 2. The van der Waals surface area contributed by atoms with Crippen molar-refractivity contribution in [2.45, 2.75) is 126 Å². The van der Waals surface area contributed by atoms with Gasteiger partial charge >= 0.3 is 12.3 Å². The van der Waals surface area contributed by atoms with Gasteiger partial charge in [-0.1, -0.05) is 76.3 Å². The summed E-state index contributed by atoms with van der Waals surface area (Å²) >= 11 is 0. The van der Waals surface area contributed by atoms with E-state index in [9.17, 15) is 33.9 Å². The van der Waals surface area contributed by atoms with Gasteiger partial charge in [0.25, 0.3) is 11.1 Å². The number of nitrogens with one attached hydrogen (secondary N) is 4. The molecule has 2 saturated heterocycles. The lowest BCUT2D eigenvalue weighted by Gasteiger charge is -2.19. The molecule has 2 aliphatic rings. The Labute approximate surface area is 399 Å². The maximum atomic E-state index is 12.3. The van der Waals surface area contributed by atoms with Gasteiger partial charge in [-0.3, -0.25) is 53.9 Å². The van der Waals surface area contributed by atoms with Gasteiger partial charge < -0.3 is 39.2 Å². The number of carboxylic acid groups (broad SMARTS) is 2. The molecular formula is C44H68N12O13. The summed E-state index contributed by atoms with van der Waals surface area (Å²) in [6.07, 6.45) is 0.102. The van der Waals surface area contributed by atoms with Gasteiger partial charge in [-0.15, -0.1) is 0 Å². The molecule has 0 aromatic carbocycles. The highest BCUT2D eigenvalue weighted by atomic mass is 16.7. The molecule has 25 heteroatoms. The third kappa shape index (κ3) is 16.1. The molecule has 6 atom stereocenters. The van der Waals surface area contributed by atoms with Crippen LogP contribution in [0.3, 0.4) is 0 Å². The summed E-state index contributed by atoms with van der Waals surface area (Å²) < 4.78 is 24.1. The lowest BCUT2D eigenvalue weighted by Crippen LogP contribution is -2.26. The Bertz CT molecular complexity index is 2320. The number of pyridine rings is 1. The number of amides is 2. The van der Waals surface area contributed by atoms with Crippen LogP contribution in [0.4, 0.5) is 21.5 Å². The quantitative estimate of drug-likeness (QED) is 0.0742. The first-order chi connectivity index (χ1) is 31.9. The number of ether oxygens (including phenoxy) is 4. The average molecular weight is 973 g/mol. The SMILES string of the molecule is C.C.CC(C)C(=O)Nc1nc2c(ncn2[C@@H]2O[C@H](CO)C[C@H]2OC(=O)O)c(=O)[nH]1.CCN(CC)CC.CC[C@@H]1C[C@@H](OC(=O)O)[C@H](n2cnc3c(=O)[nH]c(NC(=O)C(C)C)nc32)O1.c1ccncc1. The zero-order valence-electron chi connectivity index (χ0n) is 38.6. The predicted octanol–water partition coefficient (Wildman–Crippen LogP) is 5.23. The summed E-state index contributed by atoms with van der Waals surface area (Å²) in [5, 5.41) is 32.2. The average Bonchev–Trinajstić information content (AvgIpc) is 4.10. The zero-order chi connectivity index (χ0) is 49.4. The van der Waals surface area contributed by atoms with E-state index < -0.39 is 54.2 Å². The third-order valence-corrected chi connectivity index (χ3v) is 10.3. The number of aromatic nitrogens is 9. The predicted molar refractivity (Wildman–Crippen MR) is 255 cm³/mol. The van der Waals surface area contributed by atoms with E-state index >= 15 is 0 Å². The molecule has 5 aromatic rings. The van der Waals surface area contributed by atoms with Crippen LogP contribution in [0.1, 0.15) is 102 Å². The second kappa shape index (κ2) is 27.9. The molecule has 7 rings (SSSR count). The highest BCUT2D eigenvalue weighted by molar-refractivity contribution is 5.91. The molecule has 5 aromatic heterocycles. The lowest BCUT2D eigenvalue weighted by molar-refractivity contribution is -0.119. The molecule has 382 valence electrons.